The van der Waals surface area contributed by atoms with E-state index in [2.05, 4.69) is 37.8 Å². The van der Waals surface area contributed by atoms with Gasteiger partial charge in [-0.1, -0.05) is 30.3 Å². The van der Waals surface area contributed by atoms with Gasteiger partial charge in [0, 0.05) is 43.2 Å². The van der Waals surface area contributed by atoms with Crippen molar-refractivity contribution in [1.29, 1.82) is 0 Å². The molecule has 4 aromatic rings. The summed E-state index contributed by atoms with van der Waals surface area (Å²) in [6.45, 7) is 2.52. The maximum absolute atomic E-state index is 12.9. The van der Waals surface area contributed by atoms with Crippen molar-refractivity contribution in [2.75, 3.05) is 13.1 Å². The second-order valence-electron chi connectivity index (χ2n) is 7.64. The van der Waals surface area contributed by atoms with Crippen LogP contribution >= 0.6 is 0 Å². The lowest BCUT2D eigenvalue weighted by atomic mass is 9.96. The lowest BCUT2D eigenvalue weighted by molar-refractivity contribution is 0.0683. The van der Waals surface area contributed by atoms with Gasteiger partial charge in [-0.3, -0.25) is 4.79 Å². The van der Waals surface area contributed by atoms with Gasteiger partial charge >= 0.3 is 0 Å². The molecule has 6 nitrogen and oxygen atoms in total. The topological polar surface area (TPSA) is 66.8 Å². The molecule has 29 heavy (non-hydrogen) atoms. The third kappa shape index (κ3) is 3.53. The van der Waals surface area contributed by atoms with Crippen LogP contribution in [0.15, 0.2) is 67.3 Å². The molecule has 146 valence electrons. The fourth-order valence-corrected chi connectivity index (χ4v) is 4.15. The Morgan fingerprint density at radius 3 is 2.72 bits per heavy atom. The lowest BCUT2D eigenvalue weighted by Gasteiger charge is -2.32. The van der Waals surface area contributed by atoms with Crippen molar-refractivity contribution < 1.29 is 4.79 Å². The number of hydrogen-bond donors (Lipinski definition) is 1. The fourth-order valence-electron chi connectivity index (χ4n) is 4.15. The van der Waals surface area contributed by atoms with E-state index < -0.39 is 0 Å². The number of benzene rings is 2. The molecule has 0 atom stereocenters. The number of carbonyl (C=O) groups excluding carboxylic acids is 1. The molecular weight excluding hydrogens is 362 g/mol. The number of H-pyrrole nitrogens is 1. The Morgan fingerprint density at radius 1 is 1.07 bits per heavy atom. The van der Waals surface area contributed by atoms with Crippen molar-refractivity contribution in [2.24, 2.45) is 5.92 Å². The molecule has 0 spiro atoms. The van der Waals surface area contributed by atoms with Gasteiger partial charge in [0.15, 0.2) is 0 Å². The van der Waals surface area contributed by atoms with E-state index in [0.717, 1.165) is 60.5 Å². The molecule has 0 radical (unpaired) electrons. The van der Waals surface area contributed by atoms with Gasteiger partial charge < -0.3 is 14.5 Å². The molecule has 5 rings (SSSR count). The van der Waals surface area contributed by atoms with Gasteiger partial charge in [-0.25, -0.2) is 9.97 Å². The van der Waals surface area contributed by atoms with Gasteiger partial charge in [-0.15, -0.1) is 0 Å². The smallest absolute Gasteiger partial charge is 0.253 e. The molecule has 1 aliphatic rings. The minimum absolute atomic E-state index is 0.104. The summed E-state index contributed by atoms with van der Waals surface area (Å²) in [6, 6.07) is 16.0. The summed E-state index contributed by atoms with van der Waals surface area (Å²) in [5, 5.41) is 0. The summed E-state index contributed by atoms with van der Waals surface area (Å²) in [7, 11) is 0. The highest BCUT2D eigenvalue weighted by Crippen LogP contribution is 2.24. The van der Waals surface area contributed by atoms with Gasteiger partial charge in [0.25, 0.3) is 5.91 Å². The average Bonchev–Trinajstić information content (AvgIpc) is 3.43. The van der Waals surface area contributed by atoms with Crippen LogP contribution in [0.25, 0.3) is 22.4 Å². The van der Waals surface area contributed by atoms with E-state index in [1.807, 2.05) is 47.5 Å². The summed E-state index contributed by atoms with van der Waals surface area (Å²) in [6.07, 6.45) is 7.59. The summed E-state index contributed by atoms with van der Waals surface area (Å²) in [5.41, 5.74) is 3.65. The Kier molecular flexibility index (Phi) is 4.60. The third-order valence-electron chi connectivity index (χ3n) is 5.77. The first-order valence-corrected chi connectivity index (χ1v) is 10.1. The normalized spacial score (nSPS) is 15.1. The van der Waals surface area contributed by atoms with Crippen LogP contribution in [0, 0.1) is 5.92 Å². The van der Waals surface area contributed by atoms with Crippen LogP contribution in [-0.4, -0.2) is 43.4 Å². The lowest BCUT2D eigenvalue weighted by Crippen LogP contribution is -2.39. The van der Waals surface area contributed by atoms with Crippen LogP contribution in [-0.2, 0) is 6.54 Å². The van der Waals surface area contributed by atoms with Gasteiger partial charge in [-0.2, -0.15) is 0 Å². The average molecular weight is 385 g/mol. The van der Waals surface area contributed by atoms with Gasteiger partial charge in [0.1, 0.15) is 5.82 Å². The van der Waals surface area contributed by atoms with Crippen LogP contribution < -0.4 is 0 Å². The Hall–Kier alpha value is -3.41. The van der Waals surface area contributed by atoms with Gasteiger partial charge in [0.05, 0.1) is 17.4 Å². The standard InChI is InChI=1S/C23H23N5O/c29-23(19-6-7-20-21(14-19)26-16-25-20)27-11-8-17(9-12-27)15-28-13-10-24-22(28)18-4-2-1-3-5-18/h1-7,10,13-14,16-17H,8-9,11-12,15H2,(H,25,26). The SMILES string of the molecule is O=C(c1ccc2nc[nH]c2c1)N1CCC(Cn2ccnc2-c2ccccc2)CC1. The van der Waals surface area contributed by atoms with E-state index in [9.17, 15) is 4.79 Å². The first-order valence-electron chi connectivity index (χ1n) is 10.1. The zero-order valence-corrected chi connectivity index (χ0v) is 16.2. The summed E-state index contributed by atoms with van der Waals surface area (Å²) < 4.78 is 2.24. The fraction of sp³-hybridized carbons (Fsp3) is 0.261. The van der Waals surface area contributed by atoms with Crippen molar-refractivity contribution in [2.45, 2.75) is 19.4 Å². The molecule has 1 saturated heterocycles. The van der Waals surface area contributed by atoms with Crippen LogP contribution in [0.4, 0.5) is 0 Å². The molecule has 0 bridgehead atoms. The third-order valence-corrected chi connectivity index (χ3v) is 5.77. The van der Waals surface area contributed by atoms with Crippen LogP contribution in [0.3, 0.4) is 0 Å². The predicted octanol–water partition coefficient (Wildman–Crippen LogP) is 3.98. The number of nitrogens with zero attached hydrogens (tertiary/aromatic N) is 4. The Morgan fingerprint density at radius 2 is 1.90 bits per heavy atom. The van der Waals surface area contributed by atoms with E-state index in [0.29, 0.717) is 5.92 Å². The van der Waals surface area contributed by atoms with Crippen molar-refractivity contribution in [3.05, 3.63) is 72.8 Å². The number of aromatic amines is 1. The van der Waals surface area contributed by atoms with E-state index in [1.165, 1.54) is 0 Å². The van der Waals surface area contributed by atoms with Gasteiger partial charge in [-0.05, 0) is 37.0 Å². The van der Waals surface area contributed by atoms with Crippen LogP contribution in [0.1, 0.15) is 23.2 Å². The highest BCUT2D eigenvalue weighted by Gasteiger charge is 2.24. The van der Waals surface area contributed by atoms with Crippen LogP contribution in [0.2, 0.25) is 0 Å². The number of aromatic nitrogens is 4. The summed E-state index contributed by atoms with van der Waals surface area (Å²) in [5.74, 6) is 1.66. The first-order chi connectivity index (χ1) is 14.3. The molecule has 0 saturated carbocycles. The van der Waals surface area contributed by atoms with Gasteiger partial charge in [0.2, 0.25) is 0 Å². The Bertz CT molecular complexity index is 1120. The predicted molar refractivity (Wildman–Crippen MR) is 112 cm³/mol. The summed E-state index contributed by atoms with van der Waals surface area (Å²) >= 11 is 0. The molecule has 1 N–H and O–H groups in total. The van der Waals surface area contributed by atoms with E-state index in [1.54, 1.807) is 6.33 Å². The number of piperidine rings is 1. The number of carbonyl (C=O) groups is 1. The van der Waals surface area contributed by atoms with E-state index in [4.69, 9.17) is 0 Å². The zero-order chi connectivity index (χ0) is 19.6. The Balaban J connectivity index is 1.23. The van der Waals surface area contributed by atoms with Crippen molar-refractivity contribution in [3.8, 4) is 11.4 Å². The van der Waals surface area contributed by atoms with Crippen molar-refractivity contribution in [1.82, 2.24) is 24.4 Å². The molecular formula is C23H23N5O. The number of nitrogens with one attached hydrogen (secondary N) is 1. The second-order valence-corrected chi connectivity index (χ2v) is 7.64. The number of rotatable bonds is 4. The molecule has 1 aliphatic heterocycles. The molecule has 1 fully saturated rings. The number of hydrogen-bond acceptors (Lipinski definition) is 3. The number of amides is 1. The molecule has 3 heterocycles. The summed E-state index contributed by atoms with van der Waals surface area (Å²) in [4.78, 5) is 26.7. The minimum Gasteiger partial charge on any atom is -0.345 e. The highest BCUT2D eigenvalue weighted by atomic mass is 16.2. The largest absolute Gasteiger partial charge is 0.345 e. The van der Waals surface area contributed by atoms with E-state index >= 15 is 0 Å². The molecule has 0 unspecified atom stereocenters. The van der Waals surface area contributed by atoms with Crippen molar-refractivity contribution in [3.63, 3.8) is 0 Å². The van der Waals surface area contributed by atoms with Crippen molar-refractivity contribution >= 4 is 16.9 Å². The molecule has 1 amide bonds. The molecule has 0 aliphatic carbocycles. The maximum Gasteiger partial charge on any atom is 0.253 e. The molecule has 2 aromatic heterocycles. The first kappa shape index (κ1) is 17.7. The molecule has 2 aromatic carbocycles. The minimum atomic E-state index is 0.104. The monoisotopic (exact) mass is 385 g/mol. The maximum atomic E-state index is 12.9. The number of imidazole rings is 2. The van der Waals surface area contributed by atoms with Crippen LogP contribution in [0.5, 0.6) is 0 Å². The highest BCUT2D eigenvalue weighted by molar-refractivity contribution is 5.97. The van der Waals surface area contributed by atoms with E-state index in [-0.39, 0.29) is 5.91 Å². The quantitative estimate of drug-likeness (QED) is 0.578. The second kappa shape index (κ2) is 7.54. The molecule has 6 heteroatoms. The zero-order valence-electron chi connectivity index (χ0n) is 16.2. The Labute approximate surface area is 169 Å². The number of fused-ring (bicyclic) bond motifs is 1. The number of likely N-dealkylation sites (tertiary alicyclic amines) is 1.